The van der Waals surface area contributed by atoms with Gasteiger partial charge in [-0.3, -0.25) is 9.59 Å². The normalized spacial score (nSPS) is 10.7. The Morgan fingerprint density at radius 3 is 2.50 bits per heavy atom. The van der Waals surface area contributed by atoms with Crippen molar-refractivity contribution in [2.75, 3.05) is 24.8 Å². The van der Waals surface area contributed by atoms with E-state index in [1.54, 1.807) is 30.9 Å². The number of hydrogen-bond acceptors (Lipinski definition) is 7. The fourth-order valence-electron chi connectivity index (χ4n) is 3.02. The summed E-state index contributed by atoms with van der Waals surface area (Å²) in [6, 6.07) is 14.9. The van der Waals surface area contributed by atoms with Crippen LogP contribution in [0.3, 0.4) is 0 Å². The molecule has 0 radical (unpaired) electrons. The molecule has 0 saturated heterocycles. The third-order valence-corrected chi connectivity index (χ3v) is 6.02. The topological polar surface area (TPSA) is 107 Å². The van der Waals surface area contributed by atoms with Crippen LogP contribution in [0.5, 0.6) is 11.5 Å². The van der Waals surface area contributed by atoms with E-state index < -0.39 is 0 Å². The van der Waals surface area contributed by atoms with Crippen LogP contribution in [-0.4, -0.2) is 46.0 Å². The largest absolute Gasteiger partial charge is 0.495 e. The maximum absolute atomic E-state index is 12.3. The summed E-state index contributed by atoms with van der Waals surface area (Å²) in [5.41, 5.74) is 1.82. The second kappa shape index (κ2) is 12.1. The minimum absolute atomic E-state index is 0.0936. The Kier molecular flexibility index (Phi) is 8.92. The minimum atomic E-state index is -0.263. The maximum Gasteiger partial charge on any atom is 0.258 e. The highest BCUT2D eigenvalue weighted by Crippen LogP contribution is 2.24. The molecule has 0 fully saturated rings. The van der Waals surface area contributed by atoms with E-state index >= 15 is 0 Å². The number of rotatable bonds is 11. The molecular formula is C24H29N5O4S. The third-order valence-electron chi connectivity index (χ3n) is 5.00. The van der Waals surface area contributed by atoms with Crippen LogP contribution in [0.2, 0.25) is 0 Å². The van der Waals surface area contributed by atoms with Gasteiger partial charge in [-0.05, 0) is 35.7 Å². The van der Waals surface area contributed by atoms with Gasteiger partial charge in [0.2, 0.25) is 5.91 Å². The molecule has 1 aromatic heterocycles. The summed E-state index contributed by atoms with van der Waals surface area (Å²) in [6.45, 7) is 4.35. The average Bonchev–Trinajstić information content (AvgIpc) is 3.19. The molecule has 2 amide bonds. The number of nitrogens with zero attached hydrogens (tertiary/aromatic N) is 3. The molecule has 0 aliphatic carbocycles. The highest BCUT2D eigenvalue weighted by atomic mass is 32.2. The van der Waals surface area contributed by atoms with Crippen molar-refractivity contribution in [3.63, 3.8) is 0 Å². The van der Waals surface area contributed by atoms with Crippen molar-refractivity contribution in [3.05, 3.63) is 59.9 Å². The van der Waals surface area contributed by atoms with Gasteiger partial charge in [-0.25, -0.2) is 0 Å². The quantitative estimate of drug-likeness (QED) is 0.403. The van der Waals surface area contributed by atoms with Crippen molar-refractivity contribution in [1.82, 2.24) is 20.1 Å². The number of methoxy groups -OCH3 is 1. The number of hydrogen-bond donors (Lipinski definition) is 2. The van der Waals surface area contributed by atoms with Crippen LogP contribution in [0.1, 0.15) is 31.2 Å². The standard InChI is InChI=1S/C24H29N5O4S/c1-16(2)17-9-11-18(12-10-17)33-14-22(30)25-13-21-27-28-24(29(21)3)34-15-23(31)26-19-7-5-6-8-20(19)32-4/h5-12,16H,13-15H2,1-4H3,(H,25,30)(H,26,31). The molecule has 1 heterocycles. The smallest absolute Gasteiger partial charge is 0.258 e. The average molecular weight is 484 g/mol. The van der Waals surface area contributed by atoms with Crippen molar-refractivity contribution in [2.24, 2.45) is 7.05 Å². The zero-order chi connectivity index (χ0) is 24.5. The molecule has 2 aromatic carbocycles. The van der Waals surface area contributed by atoms with Gasteiger partial charge in [0, 0.05) is 7.05 Å². The maximum atomic E-state index is 12.3. The molecule has 3 aromatic rings. The van der Waals surface area contributed by atoms with E-state index in [1.807, 2.05) is 36.4 Å². The summed E-state index contributed by atoms with van der Waals surface area (Å²) in [5.74, 6) is 1.94. The SMILES string of the molecule is COc1ccccc1NC(=O)CSc1nnc(CNC(=O)COc2ccc(C(C)C)cc2)n1C. The van der Waals surface area contributed by atoms with Gasteiger partial charge in [0.15, 0.2) is 17.6 Å². The molecule has 34 heavy (non-hydrogen) atoms. The first kappa shape index (κ1) is 25.1. The van der Waals surface area contributed by atoms with Gasteiger partial charge in [0.25, 0.3) is 5.91 Å². The van der Waals surface area contributed by atoms with E-state index in [9.17, 15) is 9.59 Å². The van der Waals surface area contributed by atoms with Crippen molar-refractivity contribution in [1.29, 1.82) is 0 Å². The van der Waals surface area contributed by atoms with Gasteiger partial charge in [-0.15, -0.1) is 10.2 Å². The molecule has 0 aliphatic rings. The van der Waals surface area contributed by atoms with Crippen LogP contribution in [0.4, 0.5) is 5.69 Å². The van der Waals surface area contributed by atoms with Crippen LogP contribution in [0, 0.1) is 0 Å². The Hall–Kier alpha value is -3.53. The molecule has 0 aliphatic heterocycles. The lowest BCUT2D eigenvalue weighted by atomic mass is 10.0. The second-order valence-electron chi connectivity index (χ2n) is 7.78. The summed E-state index contributed by atoms with van der Waals surface area (Å²) >= 11 is 1.25. The molecule has 0 atom stereocenters. The zero-order valence-corrected chi connectivity index (χ0v) is 20.5. The van der Waals surface area contributed by atoms with E-state index in [0.717, 1.165) is 0 Å². The molecule has 180 valence electrons. The number of anilines is 1. The highest BCUT2D eigenvalue weighted by Gasteiger charge is 2.14. The van der Waals surface area contributed by atoms with E-state index in [2.05, 4.69) is 34.7 Å². The highest BCUT2D eigenvalue weighted by molar-refractivity contribution is 7.99. The van der Waals surface area contributed by atoms with Crippen molar-refractivity contribution in [2.45, 2.75) is 31.5 Å². The number of benzene rings is 2. The van der Waals surface area contributed by atoms with Gasteiger partial charge in [-0.1, -0.05) is 49.9 Å². The molecule has 0 unspecified atom stereocenters. The molecular weight excluding hydrogens is 454 g/mol. The summed E-state index contributed by atoms with van der Waals surface area (Å²) in [6.07, 6.45) is 0. The summed E-state index contributed by atoms with van der Waals surface area (Å²) in [7, 11) is 3.34. The minimum Gasteiger partial charge on any atom is -0.495 e. The molecule has 3 rings (SSSR count). The van der Waals surface area contributed by atoms with Crippen LogP contribution in [0.25, 0.3) is 0 Å². The predicted octanol–water partition coefficient (Wildman–Crippen LogP) is 3.37. The lowest BCUT2D eigenvalue weighted by molar-refractivity contribution is -0.123. The zero-order valence-electron chi connectivity index (χ0n) is 19.7. The first-order valence-electron chi connectivity index (χ1n) is 10.8. The first-order valence-corrected chi connectivity index (χ1v) is 11.8. The second-order valence-corrected chi connectivity index (χ2v) is 8.73. The first-order chi connectivity index (χ1) is 16.4. The summed E-state index contributed by atoms with van der Waals surface area (Å²) in [5, 5.41) is 14.4. The Morgan fingerprint density at radius 2 is 1.79 bits per heavy atom. The number of carbonyl (C=O) groups is 2. The van der Waals surface area contributed by atoms with E-state index in [1.165, 1.54) is 17.3 Å². The number of nitrogens with one attached hydrogen (secondary N) is 2. The number of carbonyl (C=O) groups excluding carboxylic acids is 2. The van der Waals surface area contributed by atoms with Crippen molar-refractivity contribution in [3.8, 4) is 11.5 Å². The van der Waals surface area contributed by atoms with Crippen LogP contribution < -0.4 is 20.1 Å². The van der Waals surface area contributed by atoms with E-state index in [-0.39, 0.29) is 30.7 Å². The van der Waals surface area contributed by atoms with Gasteiger partial charge in [0.05, 0.1) is 25.1 Å². The van der Waals surface area contributed by atoms with E-state index in [4.69, 9.17) is 9.47 Å². The molecule has 0 spiro atoms. The monoisotopic (exact) mass is 483 g/mol. The molecule has 9 nitrogen and oxygen atoms in total. The number of amides is 2. The van der Waals surface area contributed by atoms with Gasteiger partial charge < -0.3 is 24.7 Å². The van der Waals surface area contributed by atoms with Crippen LogP contribution in [-0.2, 0) is 23.2 Å². The number of aromatic nitrogens is 3. The Labute approximate surface area is 203 Å². The molecule has 0 bridgehead atoms. The Morgan fingerprint density at radius 1 is 1.06 bits per heavy atom. The fourth-order valence-corrected chi connectivity index (χ4v) is 3.75. The van der Waals surface area contributed by atoms with Crippen LogP contribution in [0.15, 0.2) is 53.7 Å². The molecule has 2 N–H and O–H groups in total. The number of ether oxygens (including phenoxy) is 2. The Balaban J connectivity index is 1.43. The molecule has 0 saturated carbocycles. The van der Waals surface area contributed by atoms with Gasteiger partial charge in [-0.2, -0.15) is 0 Å². The lowest BCUT2D eigenvalue weighted by Gasteiger charge is -2.10. The number of thioether (sulfide) groups is 1. The Bertz CT molecular complexity index is 1110. The third kappa shape index (κ3) is 6.98. The van der Waals surface area contributed by atoms with Gasteiger partial charge >= 0.3 is 0 Å². The fraction of sp³-hybridized carbons (Fsp3) is 0.333. The van der Waals surface area contributed by atoms with E-state index in [0.29, 0.717) is 34.1 Å². The predicted molar refractivity (Wildman–Crippen MR) is 131 cm³/mol. The summed E-state index contributed by atoms with van der Waals surface area (Å²) in [4.78, 5) is 24.5. The summed E-state index contributed by atoms with van der Waals surface area (Å²) < 4.78 is 12.5. The van der Waals surface area contributed by atoms with Crippen molar-refractivity contribution >= 4 is 29.3 Å². The van der Waals surface area contributed by atoms with Gasteiger partial charge in [0.1, 0.15) is 11.5 Å². The number of para-hydroxylation sites is 2. The lowest BCUT2D eigenvalue weighted by Crippen LogP contribution is -2.29. The molecule has 10 heteroatoms. The van der Waals surface area contributed by atoms with Crippen molar-refractivity contribution < 1.29 is 19.1 Å². The van der Waals surface area contributed by atoms with Crippen LogP contribution >= 0.6 is 11.8 Å².